The van der Waals surface area contributed by atoms with Crippen LogP contribution in [0.25, 0.3) is 11.3 Å². The van der Waals surface area contributed by atoms with E-state index in [2.05, 4.69) is 5.10 Å². The average Bonchev–Trinajstić information content (AvgIpc) is 2.42. The highest BCUT2D eigenvalue weighted by Gasteiger charge is 2.06. The summed E-state index contributed by atoms with van der Waals surface area (Å²) in [4.78, 5) is 11.7. The number of nitrogens with zero attached hydrogens (tertiary/aromatic N) is 2. The maximum Gasteiger partial charge on any atom is 0.266 e. The van der Waals surface area contributed by atoms with Gasteiger partial charge < -0.3 is 5.73 Å². The van der Waals surface area contributed by atoms with Crippen molar-refractivity contribution in [3.8, 4) is 11.3 Å². The number of aromatic nitrogens is 2. The number of hydrogen-bond acceptors (Lipinski definition) is 3. The number of nitrogens with two attached hydrogens (primary N) is 1. The molecule has 100 valence electrons. The lowest BCUT2D eigenvalue weighted by Crippen LogP contribution is -2.32. The molecule has 19 heavy (non-hydrogen) atoms. The third-order valence-electron chi connectivity index (χ3n) is 2.94. The lowest BCUT2D eigenvalue weighted by atomic mass is 10.1. The second-order valence-corrected chi connectivity index (χ2v) is 4.85. The molecule has 1 heterocycles. The first-order valence-corrected chi connectivity index (χ1v) is 6.57. The zero-order chi connectivity index (χ0) is 13.8. The van der Waals surface area contributed by atoms with Gasteiger partial charge in [0.2, 0.25) is 0 Å². The molecule has 0 radical (unpaired) electrons. The molecule has 1 unspecified atom stereocenters. The first kappa shape index (κ1) is 13.8. The Kier molecular flexibility index (Phi) is 4.35. The van der Waals surface area contributed by atoms with Crippen LogP contribution >= 0.6 is 11.6 Å². The van der Waals surface area contributed by atoms with Crippen molar-refractivity contribution in [2.75, 3.05) is 0 Å². The minimum Gasteiger partial charge on any atom is -0.326 e. The number of halogens is 1. The Morgan fingerprint density at radius 3 is 2.58 bits per heavy atom. The summed E-state index contributed by atoms with van der Waals surface area (Å²) in [5, 5.41) is 5.01. The van der Waals surface area contributed by atoms with Crippen LogP contribution in [0.3, 0.4) is 0 Å². The molecule has 2 N–H and O–H groups in total. The molecule has 0 fully saturated rings. The standard InChI is InChI=1S/C14H16ClN3O/c1-2-12(16)9-18-14(19)8-7-13(17-18)10-3-5-11(15)6-4-10/h3-8,12H,2,9,16H2,1H3. The van der Waals surface area contributed by atoms with Crippen molar-refractivity contribution in [2.45, 2.75) is 25.9 Å². The molecule has 1 aromatic carbocycles. The number of hydrogen-bond donors (Lipinski definition) is 1. The van der Waals surface area contributed by atoms with Gasteiger partial charge in [0.15, 0.2) is 0 Å². The van der Waals surface area contributed by atoms with Gasteiger partial charge in [0.1, 0.15) is 0 Å². The number of benzene rings is 1. The maximum atomic E-state index is 11.7. The van der Waals surface area contributed by atoms with E-state index in [0.717, 1.165) is 17.7 Å². The monoisotopic (exact) mass is 277 g/mol. The minimum absolute atomic E-state index is 0.0642. The maximum absolute atomic E-state index is 11.7. The molecule has 5 heteroatoms. The minimum atomic E-state index is -0.137. The summed E-state index contributed by atoms with van der Waals surface area (Å²) in [6.45, 7) is 2.41. The fraction of sp³-hybridized carbons (Fsp3) is 0.286. The molecule has 1 atom stereocenters. The normalized spacial score (nSPS) is 12.4. The summed E-state index contributed by atoms with van der Waals surface area (Å²) < 4.78 is 1.41. The molecular formula is C14H16ClN3O. The molecule has 0 aliphatic heterocycles. The van der Waals surface area contributed by atoms with E-state index < -0.39 is 0 Å². The zero-order valence-electron chi connectivity index (χ0n) is 10.7. The van der Waals surface area contributed by atoms with E-state index in [9.17, 15) is 4.79 Å². The van der Waals surface area contributed by atoms with Crippen molar-refractivity contribution >= 4 is 11.6 Å². The van der Waals surface area contributed by atoms with Crippen LogP contribution in [0.1, 0.15) is 13.3 Å². The van der Waals surface area contributed by atoms with E-state index in [0.29, 0.717) is 11.6 Å². The molecule has 2 rings (SSSR count). The van der Waals surface area contributed by atoms with E-state index in [4.69, 9.17) is 17.3 Å². The molecular weight excluding hydrogens is 262 g/mol. The van der Waals surface area contributed by atoms with Crippen molar-refractivity contribution in [3.05, 3.63) is 51.8 Å². The van der Waals surface area contributed by atoms with Crippen LogP contribution in [0.4, 0.5) is 0 Å². The predicted octanol–water partition coefficient (Wildman–Crippen LogP) is 2.30. The quantitative estimate of drug-likeness (QED) is 0.933. The molecule has 0 aliphatic carbocycles. The van der Waals surface area contributed by atoms with Crippen LogP contribution in [0.5, 0.6) is 0 Å². The Labute approximate surface area is 116 Å². The third-order valence-corrected chi connectivity index (χ3v) is 3.19. The van der Waals surface area contributed by atoms with Crippen molar-refractivity contribution < 1.29 is 0 Å². The summed E-state index contributed by atoms with van der Waals surface area (Å²) in [6.07, 6.45) is 0.805. The fourth-order valence-corrected chi connectivity index (χ4v) is 1.83. The second-order valence-electron chi connectivity index (χ2n) is 4.41. The zero-order valence-corrected chi connectivity index (χ0v) is 11.5. The van der Waals surface area contributed by atoms with Gasteiger partial charge in [0.25, 0.3) is 5.56 Å². The Morgan fingerprint density at radius 2 is 1.95 bits per heavy atom. The van der Waals surface area contributed by atoms with Gasteiger partial charge >= 0.3 is 0 Å². The van der Waals surface area contributed by atoms with E-state index >= 15 is 0 Å². The van der Waals surface area contributed by atoms with E-state index in [1.807, 2.05) is 19.1 Å². The first-order valence-electron chi connectivity index (χ1n) is 6.20. The van der Waals surface area contributed by atoms with E-state index in [1.165, 1.54) is 10.7 Å². The van der Waals surface area contributed by atoms with Crippen LogP contribution in [-0.4, -0.2) is 15.8 Å². The van der Waals surface area contributed by atoms with Crippen LogP contribution in [-0.2, 0) is 6.54 Å². The SMILES string of the molecule is CCC(N)Cn1nc(-c2ccc(Cl)cc2)ccc1=O. The van der Waals surface area contributed by atoms with Gasteiger partial charge in [-0.3, -0.25) is 4.79 Å². The average molecular weight is 278 g/mol. The lowest BCUT2D eigenvalue weighted by molar-refractivity contribution is 0.482. The largest absolute Gasteiger partial charge is 0.326 e. The van der Waals surface area contributed by atoms with Gasteiger partial charge in [-0.25, -0.2) is 4.68 Å². The predicted molar refractivity (Wildman–Crippen MR) is 77.2 cm³/mol. The van der Waals surface area contributed by atoms with Crippen LogP contribution < -0.4 is 11.3 Å². The van der Waals surface area contributed by atoms with Gasteiger partial charge in [0, 0.05) is 22.7 Å². The fourth-order valence-electron chi connectivity index (χ4n) is 1.71. The summed E-state index contributed by atoms with van der Waals surface area (Å²) in [7, 11) is 0. The molecule has 0 saturated carbocycles. The van der Waals surface area contributed by atoms with Gasteiger partial charge in [-0.2, -0.15) is 5.10 Å². The van der Waals surface area contributed by atoms with Crippen molar-refractivity contribution in [2.24, 2.45) is 5.73 Å². The molecule has 0 saturated heterocycles. The lowest BCUT2D eigenvalue weighted by Gasteiger charge is -2.11. The Bertz CT molecular complexity index is 607. The van der Waals surface area contributed by atoms with Gasteiger partial charge in [0.05, 0.1) is 12.2 Å². The van der Waals surface area contributed by atoms with Crippen molar-refractivity contribution in [1.82, 2.24) is 9.78 Å². The topological polar surface area (TPSA) is 60.9 Å². The summed E-state index contributed by atoms with van der Waals surface area (Å²) >= 11 is 5.85. The summed E-state index contributed by atoms with van der Waals surface area (Å²) in [6, 6.07) is 10.5. The van der Waals surface area contributed by atoms with Crippen LogP contribution in [0.15, 0.2) is 41.2 Å². The summed E-state index contributed by atoms with van der Waals surface area (Å²) in [5.74, 6) is 0. The summed E-state index contributed by atoms with van der Waals surface area (Å²) in [5.41, 5.74) is 7.38. The molecule has 1 aromatic heterocycles. The molecule has 0 bridgehead atoms. The molecule has 4 nitrogen and oxygen atoms in total. The molecule has 0 spiro atoms. The molecule has 0 amide bonds. The highest BCUT2D eigenvalue weighted by molar-refractivity contribution is 6.30. The third kappa shape index (κ3) is 3.43. The van der Waals surface area contributed by atoms with E-state index in [-0.39, 0.29) is 11.6 Å². The van der Waals surface area contributed by atoms with Gasteiger partial charge in [-0.15, -0.1) is 0 Å². The highest BCUT2D eigenvalue weighted by atomic mass is 35.5. The number of rotatable bonds is 4. The van der Waals surface area contributed by atoms with Crippen LogP contribution in [0.2, 0.25) is 5.02 Å². The Morgan fingerprint density at radius 1 is 1.26 bits per heavy atom. The highest BCUT2D eigenvalue weighted by Crippen LogP contribution is 2.18. The van der Waals surface area contributed by atoms with Crippen LogP contribution in [0, 0.1) is 0 Å². The smallest absolute Gasteiger partial charge is 0.266 e. The molecule has 2 aromatic rings. The Balaban J connectivity index is 2.35. The van der Waals surface area contributed by atoms with Crippen molar-refractivity contribution in [1.29, 1.82) is 0 Å². The van der Waals surface area contributed by atoms with Gasteiger partial charge in [-0.1, -0.05) is 30.7 Å². The van der Waals surface area contributed by atoms with E-state index in [1.54, 1.807) is 18.2 Å². The molecule has 0 aliphatic rings. The Hall–Kier alpha value is -1.65. The van der Waals surface area contributed by atoms with Crippen molar-refractivity contribution in [3.63, 3.8) is 0 Å². The second kappa shape index (κ2) is 5.99. The van der Waals surface area contributed by atoms with Gasteiger partial charge in [-0.05, 0) is 24.6 Å². The first-order chi connectivity index (χ1) is 9.10.